The first kappa shape index (κ1) is 22.1. The molecule has 2 heterocycles. The Labute approximate surface area is 177 Å². The molecule has 0 unspecified atom stereocenters. The number of hydrogen-bond acceptors (Lipinski definition) is 4. The normalized spacial score (nSPS) is 21.8. The van der Waals surface area contributed by atoms with Gasteiger partial charge in [0.15, 0.2) is 0 Å². The number of benzene rings is 1. The fourth-order valence-electron chi connectivity index (χ4n) is 4.06. The van der Waals surface area contributed by atoms with Crippen LogP contribution in [0.4, 0.5) is 0 Å². The lowest BCUT2D eigenvalue weighted by Gasteiger charge is -2.35. The van der Waals surface area contributed by atoms with E-state index in [2.05, 4.69) is 5.32 Å². The van der Waals surface area contributed by atoms with E-state index in [-0.39, 0.29) is 35.2 Å². The highest BCUT2D eigenvalue weighted by molar-refractivity contribution is 7.89. The van der Waals surface area contributed by atoms with Crippen LogP contribution in [0.1, 0.15) is 38.2 Å². The minimum Gasteiger partial charge on any atom is -0.352 e. The van der Waals surface area contributed by atoms with Crippen LogP contribution >= 0.6 is 11.6 Å². The number of carbonyl (C=O) groups is 2. The topological polar surface area (TPSA) is 86.8 Å². The van der Waals surface area contributed by atoms with E-state index in [9.17, 15) is 18.0 Å². The van der Waals surface area contributed by atoms with Crippen LogP contribution in [0.3, 0.4) is 0 Å². The summed E-state index contributed by atoms with van der Waals surface area (Å²) in [5.74, 6) is -0.141. The van der Waals surface area contributed by atoms with E-state index >= 15 is 0 Å². The van der Waals surface area contributed by atoms with Gasteiger partial charge in [0.05, 0.1) is 4.90 Å². The average molecular weight is 442 g/mol. The largest absolute Gasteiger partial charge is 0.352 e. The molecule has 0 spiro atoms. The van der Waals surface area contributed by atoms with Crippen molar-refractivity contribution in [3.63, 3.8) is 0 Å². The lowest BCUT2D eigenvalue weighted by atomic mass is 9.95. The van der Waals surface area contributed by atoms with Gasteiger partial charge in [-0.25, -0.2) is 8.42 Å². The second kappa shape index (κ2) is 9.02. The molecule has 0 aliphatic carbocycles. The van der Waals surface area contributed by atoms with E-state index < -0.39 is 10.0 Å². The van der Waals surface area contributed by atoms with E-state index in [1.54, 1.807) is 36.9 Å². The van der Waals surface area contributed by atoms with Gasteiger partial charge in [0.25, 0.3) is 0 Å². The van der Waals surface area contributed by atoms with Crippen molar-refractivity contribution in [2.75, 3.05) is 26.2 Å². The van der Waals surface area contributed by atoms with Crippen molar-refractivity contribution in [2.24, 2.45) is 5.92 Å². The molecule has 0 radical (unpaired) electrons. The standard InChI is InChI=1S/C20H28ClN3O4S/c1-14-18(21)6-3-7-19(14)29(27,28)24-10-4-5-17(13-24)22-20(26)16-8-11-23(12-9-16)15(2)25/h3,6-7,16-17H,4-5,8-13H2,1-2H3,(H,22,26)/t17-/m0/s1. The summed E-state index contributed by atoms with van der Waals surface area (Å²) in [6.45, 7) is 5.11. The molecule has 2 amide bonds. The summed E-state index contributed by atoms with van der Waals surface area (Å²) in [4.78, 5) is 26.1. The number of sulfonamides is 1. The van der Waals surface area contributed by atoms with Gasteiger partial charge < -0.3 is 10.2 Å². The van der Waals surface area contributed by atoms with Gasteiger partial charge >= 0.3 is 0 Å². The van der Waals surface area contributed by atoms with Crippen molar-refractivity contribution >= 4 is 33.4 Å². The van der Waals surface area contributed by atoms with Crippen molar-refractivity contribution in [1.29, 1.82) is 0 Å². The molecule has 0 saturated carbocycles. The minimum atomic E-state index is -3.67. The Bertz CT molecular complexity index is 882. The van der Waals surface area contributed by atoms with Crippen LogP contribution in [0.25, 0.3) is 0 Å². The van der Waals surface area contributed by atoms with Crippen LogP contribution in [0.2, 0.25) is 5.02 Å². The first-order valence-electron chi connectivity index (χ1n) is 10.0. The van der Waals surface area contributed by atoms with Crippen LogP contribution in [0.15, 0.2) is 23.1 Å². The Morgan fingerprint density at radius 1 is 1.14 bits per heavy atom. The average Bonchev–Trinajstić information content (AvgIpc) is 2.70. The first-order chi connectivity index (χ1) is 13.7. The number of carbonyl (C=O) groups excluding carboxylic acids is 2. The van der Waals surface area contributed by atoms with Crippen molar-refractivity contribution in [2.45, 2.75) is 50.5 Å². The summed E-state index contributed by atoms with van der Waals surface area (Å²) in [5, 5.41) is 3.46. The third-order valence-electron chi connectivity index (χ3n) is 5.88. The predicted molar refractivity (Wildman–Crippen MR) is 111 cm³/mol. The molecule has 7 nitrogen and oxygen atoms in total. The fourth-order valence-corrected chi connectivity index (χ4v) is 6.06. The van der Waals surface area contributed by atoms with Gasteiger partial charge in [-0.3, -0.25) is 9.59 Å². The molecule has 160 valence electrons. The van der Waals surface area contributed by atoms with Gasteiger partial charge in [0.1, 0.15) is 0 Å². The summed E-state index contributed by atoms with van der Waals surface area (Å²) in [7, 11) is -3.67. The molecule has 2 aliphatic heterocycles. The summed E-state index contributed by atoms with van der Waals surface area (Å²) < 4.78 is 27.7. The molecule has 1 aromatic carbocycles. The zero-order chi connectivity index (χ0) is 21.2. The van der Waals surface area contributed by atoms with Gasteiger partial charge in [0.2, 0.25) is 21.8 Å². The number of halogens is 1. The third-order valence-corrected chi connectivity index (χ3v) is 8.30. The van der Waals surface area contributed by atoms with E-state index in [0.717, 1.165) is 6.42 Å². The van der Waals surface area contributed by atoms with Crippen molar-refractivity contribution in [3.05, 3.63) is 28.8 Å². The number of piperidine rings is 2. The van der Waals surface area contributed by atoms with Gasteiger partial charge in [-0.2, -0.15) is 4.31 Å². The summed E-state index contributed by atoms with van der Waals surface area (Å²) >= 11 is 6.11. The third kappa shape index (κ3) is 4.92. The quantitative estimate of drug-likeness (QED) is 0.775. The van der Waals surface area contributed by atoms with Crippen LogP contribution in [0.5, 0.6) is 0 Å². The number of hydrogen-bond donors (Lipinski definition) is 1. The number of likely N-dealkylation sites (tertiary alicyclic amines) is 1. The highest BCUT2D eigenvalue weighted by Crippen LogP contribution is 2.27. The molecule has 2 saturated heterocycles. The van der Waals surface area contributed by atoms with E-state index in [0.29, 0.717) is 49.5 Å². The van der Waals surface area contributed by atoms with E-state index in [1.165, 1.54) is 4.31 Å². The molecular formula is C20H28ClN3O4S. The Morgan fingerprint density at radius 3 is 2.48 bits per heavy atom. The zero-order valence-corrected chi connectivity index (χ0v) is 18.4. The maximum Gasteiger partial charge on any atom is 0.243 e. The molecule has 3 rings (SSSR count). The molecule has 9 heteroatoms. The summed E-state index contributed by atoms with van der Waals surface area (Å²) in [6.07, 6.45) is 2.72. The lowest BCUT2D eigenvalue weighted by molar-refractivity contribution is -0.134. The van der Waals surface area contributed by atoms with Crippen LogP contribution < -0.4 is 5.32 Å². The highest BCUT2D eigenvalue weighted by Gasteiger charge is 2.33. The molecule has 2 aliphatic rings. The molecule has 1 aromatic rings. The van der Waals surface area contributed by atoms with Crippen LogP contribution in [-0.2, 0) is 19.6 Å². The molecular weight excluding hydrogens is 414 g/mol. The van der Waals surface area contributed by atoms with Crippen LogP contribution in [-0.4, -0.2) is 61.7 Å². The molecule has 1 atom stereocenters. The Balaban J connectivity index is 1.63. The first-order valence-corrected chi connectivity index (χ1v) is 11.8. The van der Waals surface area contributed by atoms with Crippen molar-refractivity contribution < 1.29 is 18.0 Å². The van der Waals surface area contributed by atoms with Crippen LogP contribution in [0, 0.1) is 12.8 Å². The summed E-state index contributed by atoms with van der Waals surface area (Å²) in [6, 6.07) is 4.67. The van der Waals surface area contributed by atoms with E-state index in [4.69, 9.17) is 11.6 Å². The maximum atomic E-state index is 13.1. The van der Waals surface area contributed by atoms with E-state index in [1.807, 2.05) is 0 Å². The Morgan fingerprint density at radius 2 is 1.83 bits per heavy atom. The van der Waals surface area contributed by atoms with Gasteiger partial charge in [-0.15, -0.1) is 0 Å². The fraction of sp³-hybridized carbons (Fsp3) is 0.600. The van der Waals surface area contributed by atoms with Gasteiger partial charge in [0, 0.05) is 50.1 Å². The smallest absolute Gasteiger partial charge is 0.243 e. The van der Waals surface area contributed by atoms with Crippen molar-refractivity contribution in [1.82, 2.24) is 14.5 Å². The molecule has 2 fully saturated rings. The highest BCUT2D eigenvalue weighted by atomic mass is 35.5. The zero-order valence-electron chi connectivity index (χ0n) is 16.9. The Hall–Kier alpha value is -1.64. The maximum absolute atomic E-state index is 13.1. The SMILES string of the molecule is CC(=O)N1CCC(C(=O)N[C@H]2CCCN(S(=O)(=O)c3cccc(Cl)c3C)C2)CC1. The van der Waals surface area contributed by atoms with Gasteiger partial charge in [-0.1, -0.05) is 17.7 Å². The molecule has 0 bridgehead atoms. The number of nitrogens with zero attached hydrogens (tertiary/aromatic N) is 2. The Kier molecular flexibility index (Phi) is 6.86. The second-order valence-electron chi connectivity index (χ2n) is 7.85. The molecule has 1 N–H and O–H groups in total. The summed E-state index contributed by atoms with van der Waals surface area (Å²) in [5.41, 5.74) is 0.539. The second-order valence-corrected chi connectivity index (χ2v) is 10.2. The molecule has 0 aromatic heterocycles. The monoisotopic (exact) mass is 441 g/mol. The number of rotatable bonds is 4. The molecule has 29 heavy (non-hydrogen) atoms. The lowest BCUT2D eigenvalue weighted by Crippen LogP contribution is -2.51. The number of nitrogens with one attached hydrogen (secondary N) is 1. The predicted octanol–water partition coefficient (Wildman–Crippen LogP) is 2.18. The van der Waals surface area contributed by atoms with Crippen molar-refractivity contribution in [3.8, 4) is 0 Å². The number of amides is 2. The minimum absolute atomic E-state index is 0.0355. The van der Waals surface area contributed by atoms with Gasteiger partial charge in [-0.05, 0) is 50.3 Å².